The predicted molar refractivity (Wildman–Crippen MR) is 48.3 cm³/mol. The van der Waals surface area contributed by atoms with E-state index in [0.717, 1.165) is 0 Å². The molecule has 1 aromatic rings. The Hall–Kier alpha value is -2.38. The Morgan fingerprint density at radius 2 is 2.33 bits per heavy atom. The molecule has 1 rings (SSSR count). The van der Waals surface area contributed by atoms with Gasteiger partial charge in [-0.2, -0.15) is 5.10 Å². The Bertz CT molecular complexity index is 422. The van der Waals surface area contributed by atoms with Crippen LogP contribution >= 0.6 is 0 Å². The molecule has 8 heteroatoms. The van der Waals surface area contributed by atoms with E-state index in [4.69, 9.17) is 10.8 Å². The molecule has 0 aromatic carbocycles. The molecule has 1 aromatic heterocycles. The summed E-state index contributed by atoms with van der Waals surface area (Å²) < 4.78 is 0. The fourth-order valence-corrected chi connectivity index (χ4v) is 0.856. The predicted octanol–water partition coefficient (Wildman–Crippen LogP) is -1.06. The van der Waals surface area contributed by atoms with Crippen LogP contribution in [0, 0.1) is 0 Å². The van der Waals surface area contributed by atoms with E-state index in [2.05, 4.69) is 20.2 Å². The number of aliphatic carboxylic acids is 1. The number of carboxylic acids is 1. The van der Waals surface area contributed by atoms with E-state index in [0.29, 0.717) is 0 Å². The van der Waals surface area contributed by atoms with Gasteiger partial charge in [-0.3, -0.25) is 9.89 Å². The molecule has 0 spiro atoms. The summed E-state index contributed by atoms with van der Waals surface area (Å²) in [7, 11) is 1.20. The minimum Gasteiger partial charge on any atom is -0.476 e. The molecule has 0 saturated carbocycles. The quantitative estimate of drug-likeness (QED) is 0.432. The number of nitrogens with one attached hydrogen (secondary N) is 1. The molecule has 0 aliphatic carbocycles. The minimum atomic E-state index is -1.32. The number of primary amides is 1. The third-order valence-electron chi connectivity index (χ3n) is 1.47. The Morgan fingerprint density at radius 1 is 1.67 bits per heavy atom. The van der Waals surface area contributed by atoms with Crippen LogP contribution in [0.5, 0.6) is 0 Å². The highest BCUT2D eigenvalue weighted by Gasteiger charge is 2.18. The smallest absolute Gasteiger partial charge is 0.360 e. The summed E-state index contributed by atoms with van der Waals surface area (Å²) in [6.45, 7) is 0. The lowest BCUT2D eigenvalue weighted by Gasteiger charge is -1.93. The number of carbonyl (C=O) groups excluding carboxylic acids is 1. The van der Waals surface area contributed by atoms with Gasteiger partial charge in [-0.15, -0.1) is 0 Å². The largest absolute Gasteiger partial charge is 0.476 e. The van der Waals surface area contributed by atoms with Crippen LogP contribution in [-0.4, -0.2) is 40.0 Å². The second-order valence-electron chi connectivity index (χ2n) is 2.46. The molecule has 0 unspecified atom stereocenters. The van der Waals surface area contributed by atoms with E-state index in [-0.39, 0.29) is 11.4 Å². The summed E-state index contributed by atoms with van der Waals surface area (Å²) in [4.78, 5) is 25.7. The lowest BCUT2D eigenvalue weighted by molar-refractivity contribution is -0.129. The summed E-state index contributed by atoms with van der Waals surface area (Å²) in [6.07, 6.45) is 0. The van der Waals surface area contributed by atoms with Gasteiger partial charge in [0.05, 0.1) is 0 Å². The highest BCUT2D eigenvalue weighted by Crippen LogP contribution is 2.01. The van der Waals surface area contributed by atoms with Crippen molar-refractivity contribution in [2.45, 2.75) is 0 Å². The van der Waals surface area contributed by atoms with Gasteiger partial charge in [-0.05, 0) is 6.07 Å². The number of nitrogens with two attached hydrogens (primary N) is 1. The van der Waals surface area contributed by atoms with Crippen molar-refractivity contribution in [3.63, 3.8) is 0 Å². The third kappa shape index (κ3) is 2.30. The first-order valence-corrected chi connectivity index (χ1v) is 3.76. The van der Waals surface area contributed by atoms with E-state index < -0.39 is 17.6 Å². The summed E-state index contributed by atoms with van der Waals surface area (Å²) >= 11 is 0. The summed E-state index contributed by atoms with van der Waals surface area (Å²) in [6, 6.07) is 1.17. The number of hydrogen-bond donors (Lipinski definition) is 3. The average Bonchev–Trinajstić information content (AvgIpc) is 2.62. The van der Waals surface area contributed by atoms with Gasteiger partial charge in [0.25, 0.3) is 5.91 Å². The van der Waals surface area contributed by atoms with Crippen molar-refractivity contribution in [3.8, 4) is 0 Å². The molecule has 80 valence electrons. The Balaban J connectivity index is 3.08. The fraction of sp³-hybridized carbons (Fsp3) is 0.143. The number of carboxylic acid groups (broad SMARTS) is 1. The molecule has 8 nitrogen and oxygen atoms in total. The van der Waals surface area contributed by atoms with Crippen molar-refractivity contribution in [2.75, 3.05) is 7.11 Å². The zero-order valence-electron chi connectivity index (χ0n) is 7.72. The number of aromatic amines is 1. The lowest BCUT2D eigenvalue weighted by atomic mass is 10.2. The van der Waals surface area contributed by atoms with Crippen LogP contribution in [0.15, 0.2) is 11.2 Å². The van der Waals surface area contributed by atoms with Crippen LogP contribution in [-0.2, 0) is 9.63 Å². The number of nitrogens with zero attached hydrogens (tertiary/aromatic N) is 2. The number of amides is 1. The van der Waals surface area contributed by atoms with E-state index >= 15 is 0 Å². The summed E-state index contributed by atoms with van der Waals surface area (Å²) in [5.41, 5.74) is 4.50. The van der Waals surface area contributed by atoms with Crippen molar-refractivity contribution in [1.29, 1.82) is 0 Å². The minimum absolute atomic E-state index is 0.00458. The molecule has 15 heavy (non-hydrogen) atoms. The van der Waals surface area contributed by atoms with Gasteiger partial charge in [0.2, 0.25) is 5.71 Å². The van der Waals surface area contributed by atoms with Crippen molar-refractivity contribution < 1.29 is 19.5 Å². The molecular formula is C7H8N4O4. The maximum Gasteiger partial charge on any atom is 0.360 e. The molecule has 0 aliphatic heterocycles. The highest BCUT2D eigenvalue weighted by atomic mass is 16.6. The van der Waals surface area contributed by atoms with Crippen LogP contribution in [0.3, 0.4) is 0 Å². The van der Waals surface area contributed by atoms with Gasteiger partial charge >= 0.3 is 5.97 Å². The maximum absolute atomic E-state index is 10.7. The zero-order chi connectivity index (χ0) is 11.4. The molecule has 1 heterocycles. The van der Waals surface area contributed by atoms with Gasteiger partial charge in [-0.25, -0.2) is 4.79 Å². The fourth-order valence-electron chi connectivity index (χ4n) is 0.856. The van der Waals surface area contributed by atoms with Gasteiger partial charge < -0.3 is 15.7 Å². The van der Waals surface area contributed by atoms with Crippen LogP contribution < -0.4 is 5.73 Å². The van der Waals surface area contributed by atoms with Crippen molar-refractivity contribution >= 4 is 17.6 Å². The number of rotatable bonds is 4. The van der Waals surface area contributed by atoms with Gasteiger partial charge in [0.1, 0.15) is 18.5 Å². The highest BCUT2D eigenvalue weighted by molar-refractivity contribution is 6.41. The number of H-pyrrole nitrogens is 1. The molecule has 0 aliphatic rings. The molecule has 1 amide bonds. The van der Waals surface area contributed by atoms with Crippen molar-refractivity contribution in [2.24, 2.45) is 10.9 Å². The van der Waals surface area contributed by atoms with Gasteiger partial charge in [-0.1, -0.05) is 5.16 Å². The van der Waals surface area contributed by atoms with Crippen LogP contribution in [0.25, 0.3) is 0 Å². The van der Waals surface area contributed by atoms with Gasteiger partial charge in [0, 0.05) is 0 Å². The Morgan fingerprint density at radius 3 is 2.73 bits per heavy atom. The lowest BCUT2D eigenvalue weighted by Crippen LogP contribution is -2.15. The molecular weight excluding hydrogens is 204 g/mol. The maximum atomic E-state index is 10.7. The summed E-state index contributed by atoms with van der Waals surface area (Å²) in [5.74, 6) is -2.06. The standard InChI is InChI=1S/C7H8N4O4/c1-15-11-5(7(13)14)3-2-4(6(8)12)10-9-3/h2H,1H3,(H2,8,12)(H,9,10)(H,13,14). The van der Waals surface area contributed by atoms with Crippen LogP contribution in [0.4, 0.5) is 0 Å². The van der Waals surface area contributed by atoms with Gasteiger partial charge in [0.15, 0.2) is 0 Å². The number of oxime groups is 1. The average molecular weight is 212 g/mol. The molecule has 0 fully saturated rings. The van der Waals surface area contributed by atoms with E-state index in [9.17, 15) is 9.59 Å². The molecule has 0 bridgehead atoms. The Kier molecular flexibility index (Phi) is 3.01. The first-order valence-electron chi connectivity index (χ1n) is 3.76. The van der Waals surface area contributed by atoms with Crippen molar-refractivity contribution in [3.05, 3.63) is 17.5 Å². The Labute approximate surface area is 83.7 Å². The molecule has 0 atom stereocenters. The molecule has 0 radical (unpaired) electrons. The van der Waals surface area contributed by atoms with Crippen molar-refractivity contribution in [1.82, 2.24) is 10.2 Å². The zero-order valence-corrected chi connectivity index (χ0v) is 7.72. The second kappa shape index (κ2) is 4.22. The van der Waals surface area contributed by atoms with Crippen LogP contribution in [0.2, 0.25) is 0 Å². The SMILES string of the molecule is CON=C(C(=O)O)c1cc(C(N)=O)[nH]n1. The first kappa shape index (κ1) is 10.7. The van der Waals surface area contributed by atoms with E-state index in [1.165, 1.54) is 13.2 Å². The van der Waals surface area contributed by atoms with E-state index in [1.807, 2.05) is 0 Å². The first-order chi connectivity index (χ1) is 7.06. The monoisotopic (exact) mass is 212 g/mol. The summed E-state index contributed by atoms with van der Waals surface area (Å²) in [5, 5.41) is 17.8. The number of carbonyl (C=O) groups is 2. The van der Waals surface area contributed by atoms with Crippen LogP contribution in [0.1, 0.15) is 16.2 Å². The third-order valence-corrected chi connectivity index (χ3v) is 1.47. The molecule has 0 saturated heterocycles. The normalized spacial score (nSPS) is 11.1. The number of hydrogen-bond acceptors (Lipinski definition) is 5. The topological polar surface area (TPSA) is 131 Å². The number of aromatic nitrogens is 2. The molecule has 4 N–H and O–H groups in total. The second-order valence-corrected chi connectivity index (χ2v) is 2.46. The van der Waals surface area contributed by atoms with E-state index in [1.54, 1.807) is 0 Å².